The van der Waals surface area contributed by atoms with E-state index in [0.29, 0.717) is 5.95 Å². The number of anilines is 2. The van der Waals surface area contributed by atoms with Crippen molar-refractivity contribution < 1.29 is 4.74 Å². The van der Waals surface area contributed by atoms with Gasteiger partial charge < -0.3 is 19.9 Å². The Labute approximate surface area is 143 Å². The number of rotatable bonds is 6. The molecule has 6 nitrogen and oxygen atoms in total. The molecule has 1 aliphatic rings. The second kappa shape index (κ2) is 8.08. The summed E-state index contributed by atoms with van der Waals surface area (Å²) in [6.45, 7) is 4.96. The molecule has 3 rings (SSSR count). The maximum absolute atomic E-state index is 5.45. The highest BCUT2D eigenvalue weighted by Crippen LogP contribution is 2.23. The van der Waals surface area contributed by atoms with Crippen molar-refractivity contribution >= 4 is 11.8 Å². The highest BCUT2D eigenvalue weighted by Gasteiger charge is 2.15. The van der Waals surface area contributed by atoms with Gasteiger partial charge >= 0.3 is 0 Å². The third kappa shape index (κ3) is 4.43. The molecule has 1 aliphatic heterocycles. The summed E-state index contributed by atoms with van der Waals surface area (Å²) < 4.78 is 5.45. The molecular weight excluding hydrogens is 302 g/mol. The standard InChI is InChI=1S/C18H25N5O/c1-22(2)9-8-19-18-20-16(15-6-4-3-5-7-15)14-17(21-18)23-10-12-24-13-11-23/h3-7,14H,8-13H2,1-2H3,(H,19,20,21). The summed E-state index contributed by atoms with van der Waals surface area (Å²) in [6.07, 6.45) is 0. The van der Waals surface area contributed by atoms with E-state index >= 15 is 0 Å². The minimum absolute atomic E-state index is 0.680. The molecule has 0 saturated carbocycles. The molecule has 128 valence electrons. The zero-order chi connectivity index (χ0) is 16.8. The zero-order valence-corrected chi connectivity index (χ0v) is 14.4. The Morgan fingerprint density at radius 2 is 1.88 bits per heavy atom. The summed E-state index contributed by atoms with van der Waals surface area (Å²) in [5.41, 5.74) is 2.05. The van der Waals surface area contributed by atoms with Gasteiger partial charge in [0.25, 0.3) is 0 Å². The van der Waals surface area contributed by atoms with Crippen molar-refractivity contribution in [2.75, 3.05) is 63.7 Å². The first-order chi connectivity index (χ1) is 11.7. The van der Waals surface area contributed by atoms with E-state index in [1.165, 1.54) is 0 Å². The van der Waals surface area contributed by atoms with Crippen LogP contribution in [0.5, 0.6) is 0 Å². The van der Waals surface area contributed by atoms with Crippen LogP contribution in [0.1, 0.15) is 0 Å². The van der Waals surface area contributed by atoms with Crippen LogP contribution in [0.2, 0.25) is 0 Å². The lowest BCUT2D eigenvalue weighted by Gasteiger charge is -2.28. The minimum Gasteiger partial charge on any atom is -0.378 e. The van der Waals surface area contributed by atoms with E-state index in [-0.39, 0.29) is 0 Å². The van der Waals surface area contributed by atoms with Crippen LogP contribution in [0.15, 0.2) is 36.4 Å². The maximum atomic E-state index is 5.45. The molecule has 2 aromatic rings. The Kier molecular flexibility index (Phi) is 5.61. The highest BCUT2D eigenvalue weighted by molar-refractivity contribution is 5.64. The van der Waals surface area contributed by atoms with Crippen LogP contribution in [0.25, 0.3) is 11.3 Å². The molecule has 0 radical (unpaired) electrons. The number of ether oxygens (including phenoxy) is 1. The van der Waals surface area contributed by atoms with Crippen LogP contribution in [-0.2, 0) is 4.74 Å². The lowest BCUT2D eigenvalue weighted by molar-refractivity contribution is 0.122. The van der Waals surface area contributed by atoms with Gasteiger partial charge in [-0.2, -0.15) is 4.98 Å². The monoisotopic (exact) mass is 327 g/mol. The van der Waals surface area contributed by atoms with Gasteiger partial charge in [-0.3, -0.25) is 0 Å². The summed E-state index contributed by atoms with van der Waals surface area (Å²) in [5, 5.41) is 3.34. The Balaban J connectivity index is 1.86. The number of benzene rings is 1. The molecule has 0 aliphatic carbocycles. The van der Waals surface area contributed by atoms with Crippen LogP contribution in [0.3, 0.4) is 0 Å². The number of nitrogens with zero attached hydrogens (tertiary/aromatic N) is 4. The molecule has 1 aromatic heterocycles. The SMILES string of the molecule is CN(C)CCNc1nc(-c2ccccc2)cc(N2CCOCC2)n1. The second-order valence-corrected chi connectivity index (χ2v) is 6.13. The van der Waals surface area contributed by atoms with Crippen molar-refractivity contribution in [3.63, 3.8) is 0 Å². The summed E-state index contributed by atoms with van der Waals surface area (Å²) in [4.78, 5) is 13.8. The Morgan fingerprint density at radius 3 is 2.58 bits per heavy atom. The van der Waals surface area contributed by atoms with E-state index in [9.17, 15) is 0 Å². The van der Waals surface area contributed by atoms with Crippen molar-refractivity contribution in [2.45, 2.75) is 0 Å². The average Bonchev–Trinajstić information content (AvgIpc) is 2.63. The fourth-order valence-electron chi connectivity index (χ4n) is 2.62. The summed E-state index contributed by atoms with van der Waals surface area (Å²) in [5.74, 6) is 1.64. The molecule has 0 atom stereocenters. The number of nitrogens with one attached hydrogen (secondary N) is 1. The number of likely N-dealkylation sites (N-methyl/N-ethyl adjacent to an activating group) is 1. The average molecular weight is 327 g/mol. The Bertz CT molecular complexity index is 641. The lowest BCUT2D eigenvalue weighted by Crippen LogP contribution is -2.37. The van der Waals surface area contributed by atoms with Crippen molar-refractivity contribution in [3.05, 3.63) is 36.4 Å². The van der Waals surface area contributed by atoms with Crippen LogP contribution < -0.4 is 10.2 Å². The molecule has 1 saturated heterocycles. The largest absolute Gasteiger partial charge is 0.378 e. The molecule has 0 amide bonds. The second-order valence-electron chi connectivity index (χ2n) is 6.13. The van der Waals surface area contributed by atoms with E-state index in [2.05, 4.69) is 47.4 Å². The first kappa shape index (κ1) is 16.7. The number of aromatic nitrogens is 2. The molecule has 0 spiro atoms. The van der Waals surface area contributed by atoms with E-state index in [4.69, 9.17) is 14.7 Å². The van der Waals surface area contributed by atoms with Gasteiger partial charge in [-0.15, -0.1) is 0 Å². The van der Waals surface area contributed by atoms with Gasteiger partial charge in [0, 0.05) is 37.8 Å². The van der Waals surface area contributed by atoms with Crippen LogP contribution >= 0.6 is 0 Å². The van der Waals surface area contributed by atoms with Crippen LogP contribution in [0.4, 0.5) is 11.8 Å². The van der Waals surface area contributed by atoms with E-state index in [0.717, 1.165) is 56.5 Å². The molecule has 1 aromatic carbocycles. The zero-order valence-electron chi connectivity index (χ0n) is 14.4. The summed E-state index contributed by atoms with van der Waals surface area (Å²) >= 11 is 0. The molecule has 0 unspecified atom stereocenters. The molecule has 1 N–H and O–H groups in total. The fraction of sp³-hybridized carbons (Fsp3) is 0.444. The predicted molar refractivity (Wildman–Crippen MR) is 97.5 cm³/mol. The topological polar surface area (TPSA) is 53.5 Å². The predicted octanol–water partition coefficient (Wildman–Crippen LogP) is 1.95. The molecule has 24 heavy (non-hydrogen) atoms. The fourth-order valence-corrected chi connectivity index (χ4v) is 2.62. The van der Waals surface area contributed by atoms with Gasteiger partial charge in [-0.25, -0.2) is 4.98 Å². The normalized spacial score (nSPS) is 14.9. The van der Waals surface area contributed by atoms with Crippen LogP contribution in [0, 0.1) is 0 Å². The van der Waals surface area contributed by atoms with Crippen molar-refractivity contribution in [1.29, 1.82) is 0 Å². The van der Waals surface area contributed by atoms with Gasteiger partial charge in [0.1, 0.15) is 5.82 Å². The molecular formula is C18H25N5O. The summed E-state index contributed by atoms with van der Waals surface area (Å²) in [7, 11) is 4.12. The number of morpholine rings is 1. The smallest absolute Gasteiger partial charge is 0.225 e. The van der Waals surface area contributed by atoms with Crippen LogP contribution in [-0.4, -0.2) is 68.4 Å². The number of hydrogen-bond donors (Lipinski definition) is 1. The lowest BCUT2D eigenvalue weighted by atomic mass is 10.1. The first-order valence-electron chi connectivity index (χ1n) is 8.38. The quantitative estimate of drug-likeness (QED) is 0.875. The van der Waals surface area contributed by atoms with Crippen molar-refractivity contribution in [1.82, 2.24) is 14.9 Å². The van der Waals surface area contributed by atoms with E-state index < -0.39 is 0 Å². The highest BCUT2D eigenvalue weighted by atomic mass is 16.5. The maximum Gasteiger partial charge on any atom is 0.225 e. The Morgan fingerprint density at radius 1 is 1.12 bits per heavy atom. The van der Waals surface area contributed by atoms with Crippen molar-refractivity contribution in [3.8, 4) is 11.3 Å². The van der Waals surface area contributed by atoms with Gasteiger partial charge in [-0.05, 0) is 14.1 Å². The third-order valence-corrected chi connectivity index (χ3v) is 3.96. The summed E-state index contributed by atoms with van der Waals surface area (Å²) in [6, 6.07) is 12.3. The molecule has 2 heterocycles. The van der Waals surface area contributed by atoms with E-state index in [1.807, 2.05) is 18.2 Å². The van der Waals surface area contributed by atoms with Gasteiger partial charge in [0.15, 0.2) is 0 Å². The minimum atomic E-state index is 0.680. The Hall–Kier alpha value is -2.18. The first-order valence-corrected chi connectivity index (χ1v) is 8.38. The molecule has 1 fully saturated rings. The van der Waals surface area contributed by atoms with E-state index in [1.54, 1.807) is 0 Å². The van der Waals surface area contributed by atoms with Crippen molar-refractivity contribution in [2.24, 2.45) is 0 Å². The number of hydrogen-bond acceptors (Lipinski definition) is 6. The molecule has 6 heteroatoms. The molecule has 0 bridgehead atoms. The van der Waals surface area contributed by atoms with Gasteiger partial charge in [-0.1, -0.05) is 30.3 Å². The third-order valence-electron chi connectivity index (χ3n) is 3.96. The van der Waals surface area contributed by atoms with Gasteiger partial charge in [0.2, 0.25) is 5.95 Å². The van der Waals surface area contributed by atoms with Gasteiger partial charge in [0.05, 0.1) is 18.9 Å².